The molecule has 2 aliphatic rings. The highest BCUT2D eigenvalue weighted by Crippen LogP contribution is 2.39. The van der Waals surface area contributed by atoms with Gasteiger partial charge in [0.05, 0.1) is 48.7 Å². The Morgan fingerprint density at radius 1 is 1.03 bits per heavy atom. The van der Waals surface area contributed by atoms with Crippen molar-refractivity contribution in [1.82, 2.24) is 19.6 Å². The van der Waals surface area contributed by atoms with E-state index in [1.807, 2.05) is 47.1 Å². The van der Waals surface area contributed by atoms with Crippen molar-refractivity contribution in [2.24, 2.45) is 0 Å². The van der Waals surface area contributed by atoms with E-state index in [4.69, 9.17) is 9.84 Å². The number of fused-ring (bicyclic) bond motifs is 1. The number of rotatable bonds is 6. The molecule has 0 bridgehead atoms. The number of anilines is 2. The molecular formula is C28H29FN6O2. The highest BCUT2D eigenvalue weighted by molar-refractivity contribution is 5.68. The van der Waals surface area contributed by atoms with Gasteiger partial charge in [-0.25, -0.2) is 13.9 Å². The van der Waals surface area contributed by atoms with Crippen molar-refractivity contribution in [3.8, 4) is 5.75 Å². The van der Waals surface area contributed by atoms with Crippen molar-refractivity contribution in [2.75, 3.05) is 36.5 Å². The van der Waals surface area contributed by atoms with Gasteiger partial charge in [-0.15, -0.1) is 5.10 Å². The fourth-order valence-electron chi connectivity index (χ4n) is 5.31. The van der Waals surface area contributed by atoms with E-state index in [2.05, 4.69) is 19.8 Å². The molecule has 6 rings (SSSR count). The maximum Gasteiger partial charge on any atom is 0.154 e. The van der Waals surface area contributed by atoms with Gasteiger partial charge in [0, 0.05) is 25.2 Å². The SMILES string of the molecule is COc1ccc(F)cc1[C@H]1CCCN1c1ccc2ncc(/C=C/c3ccc(N4CCC(O)C4)cn3)n2n1. The summed E-state index contributed by atoms with van der Waals surface area (Å²) in [5.41, 5.74) is 4.27. The van der Waals surface area contributed by atoms with E-state index in [9.17, 15) is 9.50 Å². The first-order valence-corrected chi connectivity index (χ1v) is 12.6. The van der Waals surface area contributed by atoms with E-state index >= 15 is 0 Å². The van der Waals surface area contributed by atoms with Crippen LogP contribution in [0, 0.1) is 5.82 Å². The zero-order chi connectivity index (χ0) is 25.4. The van der Waals surface area contributed by atoms with Crippen LogP contribution in [0.1, 0.15) is 42.3 Å². The molecule has 2 fully saturated rings. The van der Waals surface area contributed by atoms with Crippen LogP contribution in [0.25, 0.3) is 17.8 Å². The molecule has 0 amide bonds. The van der Waals surface area contributed by atoms with Crippen molar-refractivity contribution in [3.63, 3.8) is 0 Å². The number of benzene rings is 1. The highest BCUT2D eigenvalue weighted by atomic mass is 19.1. The summed E-state index contributed by atoms with van der Waals surface area (Å²) in [5.74, 6) is 1.22. The van der Waals surface area contributed by atoms with Crippen LogP contribution < -0.4 is 14.5 Å². The van der Waals surface area contributed by atoms with Crippen LogP contribution in [0.4, 0.5) is 15.9 Å². The fraction of sp³-hybridized carbons (Fsp3) is 0.321. The Labute approximate surface area is 214 Å². The average Bonchev–Trinajstić information content (AvgIpc) is 3.67. The van der Waals surface area contributed by atoms with Crippen LogP contribution in [0.15, 0.2) is 54.9 Å². The second-order valence-electron chi connectivity index (χ2n) is 9.55. The van der Waals surface area contributed by atoms with Crippen LogP contribution in [-0.2, 0) is 0 Å². The molecule has 9 heteroatoms. The van der Waals surface area contributed by atoms with Crippen LogP contribution in [0.2, 0.25) is 0 Å². The van der Waals surface area contributed by atoms with Crippen molar-refractivity contribution < 1.29 is 14.2 Å². The van der Waals surface area contributed by atoms with Crippen molar-refractivity contribution in [2.45, 2.75) is 31.4 Å². The highest BCUT2D eigenvalue weighted by Gasteiger charge is 2.30. The normalized spacial score (nSPS) is 20.0. The molecule has 8 nitrogen and oxygen atoms in total. The predicted molar refractivity (Wildman–Crippen MR) is 141 cm³/mol. The Morgan fingerprint density at radius 2 is 1.95 bits per heavy atom. The van der Waals surface area contributed by atoms with E-state index in [0.29, 0.717) is 12.3 Å². The molecule has 2 saturated heterocycles. The largest absolute Gasteiger partial charge is 0.496 e. The van der Waals surface area contributed by atoms with Gasteiger partial charge in [-0.3, -0.25) is 4.98 Å². The second-order valence-corrected chi connectivity index (χ2v) is 9.55. The lowest BCUT2D eigenvalue weighted by Crippen LogP contribution is -2.24. The molecule has 0 spiro atoms. The van der Waals surface area contributed by atoms with Gasteiger partial charge in [-0.1, -0.05) is 0 Å². The number of methoxy groups -OCH3 is 1. The minimum atomic E-state index is -0.271. The molecule has 5 heterocycles. The third-order valence-corrected chi connectivity index (χ3v) is 7.20. The molecule has 0 radical (unpaired) electrons. The lowest BCUT2D eigenvalue weighted by Gasteiger charge is -2.27. The molecule has 0 saturated carbocycles. The van der Waals surface area contributed by atoms with E-state index in [1.165, 1.54) is 6.07 Å². The van der Waals surface area contributed by atoms with E-state index in [-0.39, 0.29) is 18.0 Å². The fourth-order valence-corrected chi connectivity index (χ4v) is 5.31. The first kappa shape index (κ1) is 23.4. The predicted octanol–water partition coefficient (Wildman–Crippen LogP) is 4.35. The molecule has 3 aromatic heterocycles. The van der Waals surface area contributed by atoms with E-state index in [0.717, 1.165) is 66.5 Å². The quantitative estimate of drug-likeness (QED) is 0.422. The Hall–Kier alpha value is -3.98. The smallest absolute Gasteiger partial charge is 0.154 e. The topological polar surface area (TPSA) is 79.0 Å². The zero-order valence-corrected chi connectivity index (χ0v) is 20.7. The minimum absolute atomic E-state index is 0.0162. The first-order valence-electron chi connectivity index (χ1n) is 12.6. The number of ether oxygens (including phenoxy) is 1. The van der Waals surface area contributed by atoms with Gasteiger partial charge in [-0.05, 0) is 73.9 Å². The van der Waals surface area contributed by atoms with Crippen molar-refractivity contribution in [3.05, 3.63) is 77.6 Å². The Morgan fingerprint density at radius 3 is 2.73 bits per heavy atom. The van der Waals surface area contributed by atoms with Crippen molar-refractivity contribution in [1.29, 1.82) is 0 Å². The number of hydrogen-bond acceptors (Lipinski definition) is 7. The maximum atomic E-state index is 14.1. The standard InChI is InChI=1S/C28H29FN6O2/c1-37-26-9-4-19(29)15-24(26)25-3-2-13-34(25)28-11-10-27-31-17-22(35(27)32-28)8-6-20-5-7-21(16-30-20)33-14-12-23(36)18-33/h4-11,15-17,23,25,36H,2-3,12-14,18H2,1H3/b8-6+/t23?,25-/m1/s1. The lowest BCUT2D eigenvalue weighted by molar-refractivity contribution is 0.198. The number of pyridine rings is 1. The summed E-state index contributed by atoms with van der Waals surface area (Å²) in [6, 6.07) is 12.6. The summed E-state index contributed by atoms with van der Waals surface area (Å²) in [5, 5.41) is 14.7. The number of nitrogens with zero attached hydrogens (tertiary/aromatic N) is 6. The number of β-amino-alcohol motifs (C(OH)–C–C–N with tert-alkyl or cyclic N) is 1. The number of aliphatic hydroxyl groups is 1. The summed E-state index contributed by atoms with van der Waals surface area (Å²) >= 11 is 0. The summed E-state index contributed by atoms with van der Waals surface area (Å²) in [6.45, 7) is 2.32. The van der Waals surface area contributed by atoms with Crippen LogP contribution in [0.5, 0.6) is 5.75 Å². The lowest BCUT2D eigenvalue weighted by atomic mass is 10.0. The molecule has 37 heavy (non-hydrogen) atoms. The molecule has 1 N–H and O–H groups in total. The second kappa shape index (κ2) is 9.82. The molecule has 190 valence electrons. The summed E-state index contributed by atoms with van der Waals surface area (Å²) in [7, 11) is 1.61. The van der Waals surface area contributed by atoms with Gasteiger partial charge in [0.15, 0.2) is 5.65 Å². The molecular weight excluding hydrogens is 471 g/mol. The van der Waals surface area contributed by atoms with Gasteiger partial charge in [0.2, 0.25) is 0 Å². The number of halogens is 1. The van der Waals surface area contributed by atoms with Gasteiger partial charge in [0.25, 0.3) is 0 Å². The third-order valence-electron chi connectivity index (χ3n) is 7.20. The Balaban J connectivity index is 1.25. The van der Waals surface area contributed by atoms with Gasteiger partial charge < -0.3 is 19.6 Å². The monoisotopic (exact) mass is 500 g/mol. The van der Waals surface area contributed by atoms with E-state index in [1.54, 1.807) is 25.4 Å². The zero-order valence-electron chi connectivity index (χ0n) is 20.7. The third kappa shape index (κ3) is 4.62. The Bertz CT molecular complexity index is 1440. The van der Waals surface area contributed by atoms with Crippen LogP contribution in [0.3, 0.4) is 0 Å². The molecule has 1 aromatic carbocycles. The van der Waals surface area contributed by atoms with Crippen LogP contribution in [-0.4, -0.2) is 57.5 Å². The number of imidazole rings is 1. The number of aromatic nitrogens is 4. The average molecular weight is 501 g/mol. The molecule has 2 aliphatic heterocycles. The van der Waals surface area contributed by atoms with Gasteiger partial charge >= 0.3 is 0 Å². The van der Waals surface area contributed by atoms with E-state index < -0.39 is 0 Å². The minimum Gasteiger partial charge on any atom is -0.496 e. The number of aliphatic hydroxyl groups excluding tert-OH is 1. The molecule has 2 atom stereocenters. The maximum absolute atomic E-state index is 14.1. The summed E-state index contributed by atoms with van der Waals surface area (Å²) in [4.78, 5) is 13.4. The molecule has 1 unspecified atom stereocenters. The molecule has 0 aliphatic carbocycles. The van der Waals surface area contributed by atoms with Gasteiger partial charge in [-0.2, -0.15) is 0 Å². The molecule has 4 aromatic rings. The number of hydrogen-bond donors (Lipinski definition) is 1. The Kier molecular flexibility index (Phi) is 6.21. The van der Waals surface area contributed by atoms with Crippen LogP contribution >= 0.6 is 0 Å². The summed E-state index contributed by atoms with van der Waals surface area (Å²) in [6.07, 6.45) is 9.94. The van der Waals surface area contributed by atoms with Crippen molar-refractivity contribution >= 4 is 29.3 Å². The summed E-state index contributed by atoms with van der Waals surface area (Å²) < 4.78 is 21.5. The first-order chi connectivity index (χ1) is 18.1. The van der Waals surface area contributed by atoms with Gasteiger partial charge in [0.1, 0.15) is 17.4 Å².